The van der Waals surface area contributed by atoms with Gasteiger partial charge in [-0.25, -0.2) is 0 Å². The molecule has 0 N–H and O–H groups in total. The Morgan fingerprint density at radius 3 is 2.54 bits per heavy atom. The van der Waals surface area contributed by atoms with Crippen molar-refractivity contribution in [2.45, 2.75) is 26.7 Å². The SMILES string of the molecule is COc1ccccc1N1CCN(CC2=CC[C@@H]3C[C@H]2C3(C)C)CC1. The van der Waals surface area contributed by atoms with Gasteiger partial charge in [0.15, 0.2) is 0 Å². The van der Waals surface area contributed by atoms with Crippen LogP contribution in [0.4, 0.5) is 5.69 Å². The first kappa shape index (κ1) is 16.0. The molecule has 0 radical (unpaired) electrons. The largest absolute Gasteiger partial charge is 0.495 e. The lowest BCUT2D eigenvalue weighted by Crippen LogP contribution is -2.52. The van der Waals surface area contributed by atoms with Crippen LogP contribution in [0.2, 0.25) is 0 Å². The molecule has 1 aliphatic heterocycles. The molecule has 0 spiro atoms. The Labute approximate surface area is 146 Å². The summed E-state index contributed by atoms with van der Waals surface area (Å²) in [6, 6.07) is 8.38. The van der Waals surface area contributed by atoms with Crippen molar-refractivity contribution in [2.24, 2.45) is 17.3 Å². The van der Waals surface area contributed by atoms with Gasteiger partial charge in [0.05, 0.1) is 12.8 Å². The van der Waals surface area contributed by atoms with E-state index in [1.807, 2.05) is 6.07 Å². The number of allylic oxidation sites excluding steroid dienone is 1. The molecule has 2 atom stereocenters. The Hall–Kier alpha value is -1.48. The third-order valence-corrected chi connectivity index (χ3v) is 6.79. The van der Waals surface area contributed by atoms with Crippen LogP contribution in [-0.4, -0.2) is 44.7 Å². The molecular weight excluding hydrogens is 296 g/mol. The number of para-hydroxylation sites is 2. The van der Waals surface area contributed by atoms with Crippen molar-refractivity contribution in [1.82, 2.24) is 4.90 Å². The third kappa shape index (κ3) is 2.63. The number of piperazine rings is 1. The van der Waals surface area contributed by atoms with Gasteiger partial charge in [-0.15, -0.1) is 0 Å². The molecule has 3 aliphatic carbocycles. The fraction of sp³-hybridized carbons (Fsp3) is 0.619. The maximum Gasteiger partial charge on any atom is 0.142 e. The second-order valence-electron chi connectivity index (χ2n) is 8.26. The molecule has 3 heteroatoms. The van der Waals surface area contributed by atoms with Crippen LogP contribution in [0.15, 0.2) is 35.9 Å². The number of anilines is 1. The zero-order chi connectivity index (χ0) is 16.7. The lowest BCUT2D eigenvalue weighted by atomic mass is 9.49. The molecule has 3 nitrogen and oxygen atoms in total. The summed E-state index contributed by atoms with van der Waals surface area (Å²) >= 11 is 0. The molecule has 0 amide bonds. The summed E-state index contributed by atoms with van der Waals surface area (Å²) in [6.45, 7) is 10.6. The van der Waals surface area contributed by atoms with Crippen LogP contribution in [0, 0.1) is 17.3 Å². The minimum Gasteiger partial charge on any atom is -0.495 e. The second-order valence-corrected chi connectivity index (χ2v) is 8.26. The third-order valence-electron chi connectivity index (χ3n) is 6.79. The summed E-state index contributed by atoms with van der Waals surface area (Å²) in [7, 11) is 1.76. The maximum atomic E-state index is 5.52. The average molecular weight is 326 g/mol. The van der Waals surface area contributed by atoms with E-state index < -0.39 is 0 Å². The van der Waals surface area contributed by atoms with Crippen LogP contribution in [0.3, 0.4) is 0 Å². The molecule has 1 heterocycles. The van der Waals surface area contributed by atoms with E-state index in [1.54, 1.807) is 12.7 Å². The van der Waals surface area contributed by atoms with Gasteiger partial charge in [-0.2, -0.15) is 0 Å². The first-order valence-electron chi connectivity index (χ1n) is 9.39. The highest BCUT2D eigenvalue weighted by atomic mass is 16.5. The van der Waals surface area contributed by atoms with Gasteiger partial charge in [-0.05, 0) is 42.2 Å². The Morgan fingerprint density at radius 1 is 1.12 bits per heavy atom. The van der Waals surface area contributed by atoms with Gasteiger partial charge >= 0.3 is 0 Å². The van der Waals surface area contributed by atoms with Crippen molar-refractivity contribution in [1.29, 1.82) is 0 Å². The highest BCUT2D eigenvalue weighted by molar-refractivity contribution is 5.58. The number of ether oxygens (including phenoxy) is 1. The summed E-state index contributed by atoms with van der Waals surface area (Å²) in [5.41, 5.74) is 3.50. The van der Waals surface area contributed by atoms with E-state index in [0.29, 0.717) is 5.41 Å². The molecule has 5 rings (SSSR count). The molecule has 2 bridgehead atoms. The first-order chi connectivity index (χ1) is 11.6. The Morgan fingerprint density at radius 2 is 1.88 bits per heavy atom. The lowest BCUT2D eigenvalue weighted by Gasteiger charge is -2.57. The molecule has 1 aromatic carbocycles. The van der Waals surface area contributed by atoms with Crippen molar-refractivity contribution in [2.75, 3.05) is 44.7 Å². The second kappa shape index (κ2) is 6.11. The number of hydrogen-bond acceptors (Lipinski definition) is 3. The summed E-state index contributed by atoms with van der Waals surface area (Å²) in [5.74, 6) is 2.76. The van der Waals surface area contributed by atoms with Crippen molar-refractivity contribution >= 4 is 5.69 Å². The highest BCUT2D eigenvalue weighted by Crippen LogP contribution is 2.59. The number of methoxy groups -OCH3 is 1. The minimum atomic E-state index is 0.545. The van der Waals surface area contributed by atoms with Crippen LogP contribution in [-0.2, 0) is 0 Å². The molecule has 0 unspecified atom stereocenters. The van der Waals surface area contributed by atoms with E-state index in [4.69, 9.17) is 4.74 Å². The van der Waals surface area contributed by atoms with Gasteiger partial charge in [-0.1, -0.05) is 37.6 Å². The van der Waals surface area contributed by atoms with Crippen LogP contribution >= 0.6 is 0 Å². The molecule has 1 aromatic rings. The summed E-state index contributed by atoms with van der Waals surface area (Å²) < 4.78 is 5.52. The van der Waals surface area contributed by atoms with E-state index in [1.165, 1.54) is 25.1 Å². The average Bonchev–Trinajstić information content (AvgIpc) is 2.62. The van der Waals surface area contributed by atoms with E-state index in [-0.39, 0.29) is 0 Å². The van der Waals surface area contributed by atoms with Gasteiger partial charge in [0.25, 0.3) is 0 Å². The molecular formula is C21H30N2O. The Balaban J connectivity index is 1.36. The summed E-state index contributed by atoms with van der Waals surface area (Å²) in [5, 5.41) is 0. The molecule has 1 saturated carbocycles. The van der Waals surface area contributed by atoms with E-state index in [2.05, 4.69) is 47.9 Å². The molecule has 4 aliphatic rings. The van der Waals surface area contributed by atoms with Gasteiger partial charge in [0.2, 0.25) is 0 Å². The Bertz CT molecular complexity index is 628. The van der Waals surface area contributed by atoms with E-state index >= 15 is 0 Å². The first-order valence-corrected chi connectivity index (χ1v) is 9.39. The number of nitrogens with zero attached hydrogens (tertiary/aromatic N) is 2. The van der Waals surface area contributed by atoms with Gasteiger partial charge in [0, 0.05) is 32.7 Å². The number of hydrogen-bond donors (Lipinski definition) is 0. The fourth-order valence-corrected chi connectivity index (χ4v) is 4.95. The zero-order valence-electron chi connectivity index (χ0n) is 15.3. The highest BCUT2D eigenvalue weighted by Gasteiger charge is 2.51. The van der Waals surface area contributed by atoms with Crippen molar-refractivity contribution in [3.63, 3.8) is 0 Å². The summed E-state index contributed by atoms with van der Waals surface area (Å²) in [4.78, 5) is 5.11. The summed E-state index contributed by atoms with van der Waals surface area (Å²) in [6.07, 6.45) is 5.29. The Kier molecular flexibility index (Phi) is 4.07. The predicted octanol–water partition coefficient (Wildman–Crippen LogP) is 3.81. The number of benzene rings is 1. The quantitative estimate of drug-likeness (QED) is 0.783. The molecule has 2 fully saturated rings. The topological polar surface area (TPSA) is 15.7 Å². The molecule has 24 heavy (non-hydrogen) atoms. The monoisotopic (exact) mass is 326 g/mol. The number of rotatable bonds is 4. The van der Waals surface area contributed by atoms with Crippen LogP contribution < -0.4 is 9.64 Å². The van der Waals surface area contributed by atoms with E-state index in [9.17, 15) is 0 Å². The zero-order valence-corrected chi connectivity index (χ0v) is 15.3. The van der Waals surface area contributed by atoms with Crippen molar-refractivity contribution in [3.05, 3.63) is 35.9 Å². The van der Waals surface area contributed by atoms with E-state index in [0.717, 1.165) is 43.8 Å². The smallest absolute Gasteiger partial charge is 0.142 e. The lowest BCUT2D eigenvalue weighted by molar-refractivity contribution is -0.0107. The van der Waals surface area contributed by atoms with Crippen molar-refractivity contribution in [3.8, 4) is 5.75 Å². The van der Waals surface area contributed by atoms with Crippen molar-refractivity contribution < 1.29 is 4.74 Å². The number of fused-ring (bicyclic) bond motifs is 1. The normalized spacial score (nSPS) is 29.0. The molecule has 130 valence electrons. The predicted molar refractivity (Wildman–Crippen MR) is 99.7 cm³/mol. The van der Waals surface area contributed by atoms with Gasteiger partial charge in [0.1, 0.15) is 5.75 Å². The van der Waals surface area contributed by atoms with Crippen LogP contribution in [0.1, 0.15) is 26.7 Å². The van der Waals surface area contributed by atoms with Gasteiger partial charge < -0.3 is 9.64 Å². The molecule has 0 aromatic heterocycles. The maximum absolute atomic E-state index is 5.52. The van der Waals surface area contributed by atoms with Crippen LogP contribution in [0.5, 0.6) is 5.75 Å². The van der Waals surface area contributed by atoms with Crippen LogP contribution in [0.25, 0.3) is 0 Å². The van der Waals surface area contributed by atoms with Gasteiger partial charge in [-0.3, -0.25) is 4.90 Å². The fourth-order valence-electron chi connectivity index (χ4n) is 4.95. The standard InChI is InChI=1S/C21H30N2O/c1-21(2)17-9-8-16(18(21)14-17)15-22-10-12-23(13-11-22)19-6-4-5-7-20(19)24-3/h4-8,17-18H,9-15H2,1-3H3/t17-,18-/m1/s1. The molecule has 1 saturated heterocycles. The minimum absolute atomic E-state index is 0.545.